The average Bonchev–Trinajstić information content (AvgIpc) is 3.27. The van der Waals surface area contributed by atoms with Gasteiger partial charge in [0.2, 0.25) is 23.6 Å². The standard InChI is InChI=1S/C20H23N3O6/c24-17-4-5-18(25)22(17)7-1-6-21-20(27)13-10-19(26)23(12-13)14-2-3-15-16(11-14)29-9-8-28-15/h2-3,11,13H,1,4-10,12H2,(H,21,27). The van der Waals surface area contributed by atoms with Crippen LogP contribution in [-0.4, -0.2) is 61.4 Å². The van der Waals surface area contributed by atoms with Crippen LogP contribution in [0.1, 0.15) is 25.7 Å². The molecule has 1 N–H and O–H groups in total. The van der Waals surface area contributed by atoms with E-state index in [9.17, 15) is 19.2 Å². The maximum Gasteiger partial charge on any atom is 0.229 e. The largest absolute Gasteiger partial charge is 0.486 e. The third-order valence-electron chi connectivity index (χ3n) is 5.35. The van der Waals surface area contributed by atoms with E-state index >= 15 is 0 Å². The van der Waals surface area contributed by atoms with Crippen molar-refractivity contribution in [3.8, 4) is 11.5 Å². The smallest absolute Gasteiger partial charge is 0.229 e. The Hall–Kier alpha value is -3.10. The Morgan fingerprint density at radius 2 is 1.76 bits per heavy atom. The van der Waals surface area contributed by atoms with Crippen molar-refractivity contribution in [3.63, 3.8) is 0 Å². The van der Waals surface area contributed by atoms with Crippen molar-refractivity contribution in [2.24, 2.45) is 5.92 Å². The van der Waals surface area contributed by atoms with Gasteiger partial charge in [0, 0.05) is 50.7 Å². The lowest BCUT2D eigenvalue weighted by molar-refractivity contribution is -0.138. The van der Waals surface area contributed by atoms with Crippen LogP contribution in [0.3, 0.4) is 0 Å². The van der Waals surface area contributed by atoms with Gasteiger partial charge in [0.05, 0.1) is 5.92 Å². The number of likely N-dealkylation sites (tertiary alicyclic amines) is 1. The van der Waals surface area contributed by atoms with Gasteiger partial charge in [-0.1, -0.05) is 0 Å². The van der Waals surface area contributed by atoms with Gasteiger partial charge in [0.15, 0.2) is 11.5 Å². The number of carbonyl (C=O) groups excluding carboxylic acids is 4. The summed E-state index contributed by atoms with van der Waals surface area (Å²) in [6.07, 6.45) is 1.18. The predicted molar refractivity (Wildman–Crippen MR) is 101 cm³/mol. The molecule has 1 atom stereocenters. The first kappa shape index (κ1) is 19.2. The van der Waals surface area contributed by atoms with Gasteiger partial charge in [-0.3, -0.25) is 24.1 Å². The van der Waals surface area contributed by atoms with Crippen molar-refractivity contribution >= 4 is 29.3 Å². The lowest BCUT2D eigenvalue weighted by Crippen LogP contribution is -2.36. The van der Waals surface area contributed by atoms with E-state index in [1.807, 2.05) is 0 Å². The summed E-state index contributed by atoms with van der Waals surface area (Å²) >= 11 is 0. The van der Waals surface area contributed by atoms with Gasteiger partial charge < -0.3 is 19.7 Å². The molecule has 1 aromatic rings. The number of hydrogen-bond donors (Lipinski definition) is 1. The minimum absolute atomic E-state index is 0.116. The highest BCUT2D eigenvalue weighted by atomic mass is 16.6. The molecule has 2 saturated heterocycles. The molecule has 0 saturated carbocycles. The third kappa shape index (κ3) is 4.03. The first-order valence-electron chi connectivity index (χ1n) is 9.84. The number of hydrogen-bond acceptors (Lipinski definition) is 6. The Balaban J connectivity index is 1.28. The zero-order valence-corrected chi connectivity index (χ0v) is 16.0. The molecule has 2 fully saturated rings. The van der Waals surface area contributed by atoms with Gasteiger partial charge in [0.1, 0.15) is 13.2 Å². The van der Waals surface area contributed by atoms with Gasteiger partial charge in [-0.25, -0.2) is 0 Å². The fraction of sp³-hybridized carbons (Fsp3) is 0.500. The molecule has 3 aliphatic rings. The summed E-state index contributed by atoms with van der Waals surface area (Å²) in [4.78, 5) is 50.9. The molecule has 1 unspecified atom stereocenters. The molecule has 9 heteroatoms. The Kier molecular flexibility index (Phi) is 5.37. The molecule has 29 heavy (non-hydrogen) atoms. The number of fused-ring (bicyclic) bond motifs is 1. The van der Waals surface area contributed by atoms with Gasteiger partial charge in [-0.05, 0) is 18.6 Å². The van der Waals surface area contributed by atoms with Crippen LogP contribution in [-0.2, 0) is 19.2 Å². The Morgan fingerprint density at radius 1 is 1.03 bits per heavy atom. The van der Waals surface area contributed by atoms with E-state index in [0.29, 0.717) is 56.5 Å². The van der Waals surface area contributed by atoms with E-state index in [0.717, 1.165) is 0 Å². The SMILES string of the molecule is O=C(NCCCN1C(=O)CCC1=O)C1CC(=O)N(c2ccc3c(c2)OCCO3)C1. The third-order valence-corrected chi connectivity index (χ3v) is 5.35. The topological polar surface area (TPSA) is 105 Å². The number of carbonyl (C=O) groups is 4. The molecule has 4 rings (SSSR count). The van der Waals surface area contributed by atoms with E-state index in [-0.39, 0.29) is 42.9 Å². The normalized spacial score (nSPS) is 21.1. The van der Waals surface area contributed by atoms with E-state index in [1.54, 1.807) is 23.1 Å². The zero-order chi connectivity index (χ0) is 20.4. The second kappa shape index (κ2) is 8.10. The Morgan fingerprint density at radius 3 is 2.52 bits per heavy atom. The van der Waals surface area contributed by atoms with Gasteiger partial charge in [0.25, 0.3) is 0 Å². The highest BCUT2D eigenvalue weighted by Gasteiger charge is 2.35. The summed E-state index contributed by atoms with van der Waals surface area (Å²) in [6.45, 7) is 1.92. The van der Waals surface area contributed by atoms with Crippen molar-refractivity contribution in [1.82, 2.24) is 10.2 Å². The first-order valence-corrected chi connectivity index (χ1v) is 9.84. The Labute approximate surface area is 167 Å². The van der Waals surface area contributed by atoms with Crippen LogP contribution in [0.25, 0.3) is 0 Å². The van der Waals surface area contributed by atoms with E-state index in [1.165, 1.54) is 4.90 Å². The van der Waals surface area contributed by atoms with Gasteiger partial charge in [-0.15, -0.1) is 0 Å². The fourth-order valence-electron chi connectivity index (χ4n) is 3.80. The molecule has 0 bridgehead atoms. The highest BCUT2D eigenvalue weighted by molar-refractivity contribution is 6.02. The van der Waals surface area contributed by atoms with E-state index in [2.05, 4.69) is 5.32 Å². The summed E-state index contributed by atoms with van der Waals surface area (Å²) in [7, 11) is 0. The molecule has 0 aromatic heterocycles. The van der Waals surface area contributed by atoms with Crippen molar-refractivity contribution in [3.05, 3.63) is 18.2 Å². The monoisotopic (exact) mass is 401 g/mol. The maximum atomic E-state index is 12.4. The molecule has 0 aliphatic carbocycles. The number of nitrogens with one attached hydrogen (secondary N) is 1. The van der Waals surface area contributed by atoms with Crippen molar-refractivity contribution in [2.75, 3.05) is 37.7 Å². The van der Waals surface area contributed by atoms with Crippen LogP contribution in [0.5, 0.6) is 11.5 Å². The van der Waals surface area contributed by atoms with Crippen LogP contribution < -0.4 is 19.7 Å². The van der Waals surface area contributed by atoms with Crippen molar-refractivity contribution in [1.29, 1.82) is 0 Å². The molecule has 3 heterocycles. The van der Waals surface area contributed by atoms with Crippen LogP contribution in [0.15, 0.2) is 18.2 Å². The summed E-state index contributed by atoms with van der Waals surface area (Å²) in [5, 5.41) is 2.81. The average molecular weight is 401 g/mol. The van der Waals surface area contributed by atoms with E-state index in [4.69, 9.17) is 9.47 Å². The molecule has 0 radical (unpaired) electrons. The summed E-state index contributed by atoms with van der Waals surface area (Å²) in [5.74, 6) is 0.185. The minimum atomic E-state index is -0.439. The highest BCUT2D eigenvalue weighted by Crippen LogP contribution is 2.35. The number of ether oxygens (including phenoxy) is 2. The van der Waals surface area contributed by atoms with Crippen LogP contribution >= 0.6 is 0 Å². The molecule has 0 spiro atoms. The molecular formula is C20H23N3O6. The number of amides is 4. The summed E-state index contributed by atoms with van der Waals surface area (Å²) in [6, 6.07) is 5.32. The molecule has 4 amide bonds. The number of benzene rings is 1. The summed E-state index contributed by atoms with van der Waals surface area (Å²) < 4.78 is 11.1. The zero-order valence-electron chi connectivity index (χ0n) is 16.0. The maximum absolute atomic E-state index is 12.4. The van der Waals surface area contributed by atoms with Crippen LogP contribution in [0, 0.1) is 5.92 Å². The van der Waals surface area contributed by atoms with E-state index < -0.39 is 5.92 Å². The second-order valence-electron chi connectivity index (χ2n) is 7.32. The Bertz CT molecular complexity index is 839. The lowest BCUT2D eigenvalue weighted by Gasteiger charge is -2.22. The quantitative estimate of drug-likeness (QED) is 0.549. The van der Waals surface area contributed by atoms with Crippen molar-refractivity contribution in [2.45, 2.75) is 25.7 Å². The van der Waals surface area contributed by atoms with Crippen molar-refractivity contribution < 1.29 is 28.7 Å². The van der Waals surface area contributed by atoms with Crippen LogP contribution in [0.2, 0.25) is 0 Å². The first-order chi connectivity index (χ1) is 14.0. The molecule has 3 aliphatic heterocycles. The minimum Gasteiger partial charge on any atom is -0.486 e. The van der Waals surface area contributed by atoms with Gasteiger partial charge in [-0.2, -0.15) is 0 Å². The predicted octanol–water partition coefficient (Wildman–Crippen LogP) is 0.466. The molecule has 1 aromatic carbocycles. The molecule has 154 valence electrons. The number of nitrogens with zero attached hydrogens (tertiary/aromatic N) is 2. The van der Waals surface area contributed by atoms with Crippen LogP contribution in [0.4, 0.5) is 5.69 Å². The fourth-order valence-corrected chi connectivity index (χ4v) is 3.80. The number of anilines is 1. The lowest BCUT2D eigenvalue weighted by atomic mass is 10.1. The number of imide groups is 1. The molecular weight excluding hydrogens is 378 g/mol. The molecule has 9 nitrogen and oxygen atoms in total. The summed E-state index contributed by atoms with van der Waals surface area (Å²) in [5.41, 5.74) is 0.681. The number of rotatable bonds is 6. The van der Waals surface area contributed by atoms with Gasteiger partial charge >= 0.3 is 0 Å². The second-order valence-corrected chi connectivity index (χ2v) is 7.32.